The number of ketones is 1. The summed E-state index contributed by atoms with van der Waals surface area (Å²) in [4.78, 5) is 37.1. The number of alkyl halides is 1. The van der Waals surface area contributed by atoms with Gasteiger partial charge in [-0.3, -0.25) is 9.59 Å². The molecule has 0 spiro atoms. The zero-order valence-electron chi connectivity index (χ0n) is 23.0. The normalized spacial score (nSPS) is 47.0. The van der Waals surface area contributed by atoms with Gasteiger partial charge in [0.25, 0.3) is 0 Å². The first-order valence-electron chi connectivity index (χ1n) is 13.7. The summed E-state index contributed by atoms with van der Waals surface area (Å²) < 4.78 is 11.6. The molecule has 7 nitrogen and oxygen atoms in total. The maximum absolute atomic E-state index is 13.4. The van der Waals surface area contributed by atoms with Gasteiger partial charge in [-0.25, -0.2) is 4.79 Å². The summed E-state index contributed by atoms with van der Waals surface area (Å²) in [6.45, 7) is 10.8. The zero-order chi connectivity index (χ0) is 28.0. The molecule has 0 aromatic carbocycles. The molecule has 5 aliphatic rings. The molecule has 2 N–H and O–H groups in total. The third kappa shape index (κ3) is 3.37. The Morgan fingerprint density at radius 1 is 1.24 bits per heavy atom. The van der Waals surface area contributed by atoms with Crippen molar-refractivity contribution in [1.82, 2.24) is 0 Å². The highest BCUT2D eigenvalue weighted by atomic mass is 35.5. The van der Waals surface area contributed by atoms with Crippen LogP contribution in [-0.4, -0.2) is 56.7 Å². The number of aliphatic hydroxyl groups is 2. The van der Waals surface area contributed by atoms with Crippen molar-refractivity contribution in [3.8, 4) is 0 Å². The van der Waals surface area contributed by atoms with Gasteiger partial charge in [0.1, 0.15) is 17.8 Å². The molecule has 10 atom stereocenters. The van der Waals surface area contributed by atoms with Crippen molar-refractivity contribution in [2.24, 2.45) is 28.6 Å². The Bertz CT molecular complexity index is 1190. The second-order valence-electron chi connectivity index (χ2n) is 12.7. The second kappa shape index (κ2) is 8.77. The number of fused-ring (bicyclic) bond motifs is 5. The summed E-state index contributed by atoms with van der Waals surface area (Å²) >= 11 is 7.09. The number of rotatable bonds is 3. The summed E-state index contributed by atoms with van der Waals surface area (Å²) in [6, 6.07) is 0. The predicted molar refractivity (Wildman–Crippen MR) is 141 cm³/mol. The van der Waals surface area contributed by atoms with Crippen LogP contribution in [0.4, 0.5) is 0 Å². The number of hydrogen-bond donors (Lipinski definition) is 2. The van der Waals surface area contributed by atoms with Gasteiger partial charge < -0.3 is 19.7 Å². The Hall–Kier alpha value is -1.96. The van der Waals surface area contributed by atoms with E-state index in [0.29, 0.717) is 31.3 Å². The fourth-order valence-corrected chi connectivity index (χ4v) is 9.04. The van der Waals surface area contributed by atoms with E-state index < -0.39 is 51.5 Å². The number of hydrogen-bond acceptors (Lipinski definition) is 7. The van der Waals surface area contributed by atoms with Crippen molar-refractivity contribution in [1.29, 1.82) is 0 Å². The molecule has 0 saturated heterocycles. The van der Waals surface area contributed by atoms with Crippen LogP contribution in [0.15, 0.2) is 34.9 Å². The summed E-state index contributed by atoms with van der Waals surface area (Å²) in [6.07, 6.45) is 4.96. The van der Waals surface area contributed by atoms with Crippen LogP contribution in [0.1, 0.15) is 73.6 Å². The molecular weight excluding hydrogens is 508 g/mol. The highest BCUT2D eigenvalue weighted by Gasteiger charge is 2.74. The van der Waals surface area contributed by atoms with E-state index in [9.17, 15) is 24.6 Å². The van der Waals surface area contributed by atoms with Gasteiger partial charge in [0, 0.05) is 30.3 Å². The van der Waals surface area contributed by atoms with Gasteiger partial charge in [-0.05, 0) is 63.5 Å². The standard InChI is InChI=1S/C30H39ClO7/c1-15-12-22(38-26(35)16(15)2)17(3)20-14-25(37-18(4)32)30(36)21-13-24(34)29(31)10-7-8-23(33)28(29,6)19(21)9-11-27(20,30)5/h7-8,14,17,19,21-22,24-25,34,36H,9-13H2,1-6H3/t17-,19-,21+,22+,24+,25-,27+,28-,29-,30-/m0/s1. The second-order valence-corrected chi connectivity index (χ2v) is 13.4. The van der Waals surface area contributed by atoms with Crippen LogP contribution < -0.4 is 0 Å². The number of esters is 2. The fraction of sp³-hybridized carbons (Fsp3) is 0.700. The number of carbonyl (C=O) groups excluding carboxylic acids is 3. The van der Waals surface area contributed by atoms with E-state index in [2.05, 4.69) is 0 Å². The van der Waals surface area contributed by atoms with Crippen molar-refractivity contribution in [3.63, 3.8) is 0 Å². The van der Waals surface area contributed by atoms with Crippen LogP contribution in [0.5, 0.6) is 0 Å². The predicted octanol–water partition coefficient (Wildman–Crippen LogP) is 4.19. The van der Waals surface area contributed by atoms with E-state index in [0.717, 1.165) is 11.1 Å². The smallest absolute Gasteiger partial charge is 0.333 e. The maximum atomic E-state index is 13.4. The summed E-state index contributed by atoms with van der Waals surface area (Å²) in [5.74, 6) is -2.12. The zero-order valence-corrected chi connectivity index (χ0v) is 23.8. The molecule has 1 aliphatic heterocycles. The topological polar surface area (TPSA) is 110 Å². The lowest BCUT2D eigenvalue weighted by Gasteiger charge is -2.65. The van der Waals surface area contributed by atoms with Gasteiger partial charge in [0.15, 0.2) is 5.78 Å². The first-order chi connectivity index (χ1) is 17.6. The Labute approximate surface area is 229 Å². The molecule has 0 unspecified atom stereocenters. The van der Waals surface area contributed by atoms with Crippen LogP contribution in [0, 0.1) is 28.6 Å². The lowest BCUT2D eigenvalue weighted by molar-refractivity contribution is -0.235. The van der Waals surface area contributed by atoms with Gasteiger partial charge in [-0.15, -0.1) is 11.6 Å². The molecule has 208 valence electrons. The van der Waals surface area contributed by atoms with Crippen molar-refractivity contribution < 1.29 is 34.1 Å². The lowest BCUT2D eigenvalue weighted by Crippen LogP contribution is -2.72. The highest BCUT2D eigenvalue weighted by Crippen LogP contribution is 2.70. The minimum absolute atomic E-state index is 0.143. The van der Waals surface area contributed by atoms with Crippen LogP contribution in [0.2, 0.25) is 0 Å². The van der Waals surface area contributed by atoms with Crippen LogP contribution in [0.3, 0.4) is 0 Å². The minimum atomic E-state index is -1.58. The molecule has 38 heavy (non-hydrogen) atoms. The number of carbonyl (C=O) groups is 3. The Morgan fingerprint density at radius 3 is 2.55 bits per heavy atom. The monoisotopic (exact) mass is 546 g/mol. The number of cyclic esters (lactones) is 1. The maximum Gasteiger partial charge on any atom is 0.333 e. The number of allylic oxidation sites excluding steroid dienone is 2. The third-order valence-corrected chi connectivity index (χ3v) is 12.0. The van der Waals surface area contributed by atoms with Crippen molar-refractivity contribution >= 4 is 29.3 Å². The molecule has 0 bridgehead atoms. The average Bonchev–Trinajstić information content (AvgIpc) is 3.07. The van der Waals surface area contributed by atoms with Gasteiger partial charge in [-0.2, -0.15) is 0 Å². The fourth-order valence-electron chi connectivity index (χ4n) is 8.63. The molecule has 2 saturated carbocycles. The quantitative estimate of drug-likeness (QED) is 0.310. The molecule has 0 amide bonds. The van der Waals surface area contributed by atoms with Crippen molar-refractivity contribution in [2.45, 2.75) is 102 Å². The molecule has 0 radical (unpaired) electrons. The Balaban J connectivity index is 1.59. The summed E-state index contributed by atoms with van der Waals surface area (Å²) in [7, 11) is 0. The number of ether oxygens (including phenoxy) is 2. The molecule has 2 fully saturated rings. The lowest BCUT2D eigenvalue weighted by atomic mass is 9.42. The van der Waals surface area contributed by atoms with Crippen molar-refractivity contribution in [2.75, 3.05) is 0 Å². The molecule has 0 aromatic heterocycles. The Morgan fingerprint density at radius 2 is 1.92 bits per heavy atom. The minimum Gasteiger partial charge on any atom is -0.458 e. The van der Waals surface area contributed by atoms with E-state index in [1.807, 2.05) is 33.8 Å². The highest BCUT2D eigenvalue weighted by molar-refractivity contribution is 6.28. The van der Waals surface area contributed by atoms with E-state index in [-0.39, 0.29) is 30.0 Å². The van der Waals surface area contributed by atoms with E-state index in [1.54, 1.807) is 19.1 Å². The molecule has 5 rings (SSSR count). The molecule has 1 heterocycles. The molecular formula is C30H39ClO7. The first kappa shape index (κ1) is 27.6. The molecule has 0 aromatic rings. The van der Waals surface area contributed by atoms with Crippen LogP contribution >= 0.6 is 11.6 Å². The van der Waals surface area contributed by atoms with E-state index in [4.69, 9.17) is 21.1 Å². The first-order valence-corrected chi connectivity index (χ1v) is 14.1. The van der Waals surface area contributed by atoms with Crippen molar-refractivity contribution in [3.05, 3.63) is 34.9 Å². The molecule has 8 heteroatoms. The number of halogens is 1. The van der Waals surface area contributed by atoms with Crippen LogP contribution in [-0.2, 0) is 23.9 Å². The van der Waals surface area contributed by atoms with E-state index in [1.165, 1.54) is 6.92 Å². The SMILES string of the molecule is CC(=O)O[C@H]1C=C([C@H](C)[C@H]2CC(C)=C(C)C(=O)O2)[C@@]2(C)CC[C@H]3[C@@H](C[C@@H](O)[C@@]4(Cl)CC=CC(=O)[C@]34C)[C@]12O. The summed E-state index contributed by atoms with van der Waals surface area (Å²) in [5, 5.41) is 24.2. The van der Waals surface area contributed by atoms with E-state index >= 15 is 0 Å². The van der Waals surface area contributed by atoms with Gasteiger partial charge in [0.2, 0.25) is 0 Å². The van der Waals surface area contributed by atoms with Crippen LogP contribution in [0.25, 0.3) is 0 Å². The van der Waals surface area contributed by atoms with Gasteiger partial charge >= 0.3 is 11.9 Å². The largest absolute Gasteiger partial charge is 0.458 e. The molecule has 4 aliphatic carbocycles. The number of aliphatic hydroxyl groups excluding tert-OH is 1. The van der Waals surface area contributed by atoms with Gasteiger partial charge in [-0.1, -0.05) is 38.0 Å². The van der Waals surface area contributed by atoms with Gasteiger partial charge in [0.05, 0.1) is 16.4 Å². The average molecular weight is 547 g/mol. The third-order valence-electron chi connectivity index (χ3n) is 11.2. The Kier molecular flexibility index (Phi) is 6.37. The summed E-state index contributed by atoms with van der Waals surface area (Å²) in [5.41, 5.74) is -1.02.